The van der Waals surface area contributed by atoms with Crippen molar-refractivity contribution in [2.75, 3.05) is 24.4 Å². The van der Waals surface area contributed by atoms with Crippen molar-refractivity contribution in [2.45, 2.75) is 19.4 Å². The van der Waals surface area contributed by atoms with Gasteiger partial charge in [-0.2, -0.15) is 11.8 Å². The highest BCUT2D eigenvalue weighted by Gasteiger charge is 2.20. The molecule has 0 fully saturated rings. The van der Waals surface area contributed by atoms with Crippen molar-refractivity contribution in [3.63, 3.8) is 0 Å². The summed E-state index contributed by atoms with van der Waals surface area (Å²) >= 11 is 4.90. The van der Waals surface area contributed by atoms with E-state index in [4.69, 9.17) is 0 Å². The molecule has 0 saturated carbocycles. The molecule has 0 radical (unpaired) electrons. The van der Waals surface area contributed by atoms with E-state index in [0.29, 0.717) is 10.2 Å². The molecule has 0 heterocycles. The van der Waals surface area contributed by atoms with Crippen molar-refractivity contribution in [3.8, 4) is 0 Å². The van der Waals surface area contributed by atoms with Crippen molar-refractivity contribution in [3.05, 3.63) is 28.2 Å². The Hall–Kier alpha value is -1.21. The van der Waals surface area contributed by atoms with Crippen LogP contribution in [-0.2, 0) is 0 Å². The number of hydrogen-bond acceptors (Lipinski definition) is 3. The summed E-state index contributed by atoms with van der Waals surface area (Å²) in [4.78, 5) is 25.1. The fourth-order valence-corrected chi connectivity index (χ4v) is 3.07. The molecule has 21 heavy (non-hydrogen) atoms. The topological polar surface area (TPSA) is 69.6 Å². The molecule has 7 heteroatoms. The van der Waals surface area contributed by atoms with Crippen molar-refractivity contribution < 1.29 is 14.7 Å². The second-order valence-electron chi connectivity index (χ2n) is 4.55. The second-order valence-corrected chi connectivity index (χ2v) is 6.38. The number of rotatable bonds is 6. The molecule has 1 aromatic carbocycles. The number of aromatic carboxylic acids is 1. The van der Waals surface area contributed by atoms with Gasteiger partial charge in [0.1, 0.15) is 0 Å². The van der Waals surface area contributed by atoms with Crippen LogP contribution in [0.15, 0.2) is 22.7 Å². The van der Waals surface area contributed by atoms with Gasteiger partial charge in [0.25, 0.3) is 0 Å². The Morgan fingerprint density at radius 2 is 2.14 bits per heavy atom. The lowest BCUT2D eigenvalue weighted by atomic mass is 10.2. The molecular formula is C14H19BrN2O3S. The molecule has 0 bridgehead atoms. The van der Waals surface area contributed by atoms with Gasteiger partial charge in [-0.1, -0.05) is 22.9 Å². The maximum Gasteiger partial charge on any atom is 0.337 e. The van der Waals surface area contributed by atoms with Crippen molar-refractivity contribution >= 4 is 45.4 Å². The average molecular weight is 375 g/mol. The van der Waals surface area contributed by atoms with Gasteiger partial charge in [-0.15, -0.1) is 0 Å². The number of carbonyl (C=O) groups is 2. The number of benzene rings is 1. The van der Waals surface area contributed by atoms with Crippen molar-refractivity contribution in [1.29, 1.82) is 0 Å². The highest BCUT2D eigenvalue weighted by atomic mass is 79.9. The summed E-state index contributed by atoms with van der Waals surface area (Å²) in [5.74, 6) is -0.238. The van der Waals surface area contributed by atoms with Crippen LogP contribution in [0.2, 0.25) is 0 Å². The number of halogens is 1. The molecule has 1 aromatic rings. The van der Waals surface area contributed by atoms with Crippen molar-refractivity contribution in [2.24, 2.45) is 0 Å². The SMILES string of the molecule is CCC(CSC)N(C)C(=O)Nc1ccc(Br)cc1C(=O)O. The van der Waals surface area contributed by atoms with Gasteiger partial charge in [0.05, 0.1) is 11.3 Å². The van der Waals surface area contributed by atoms with E-state index in [1.54, 1.807) is 35.8 Å². The molecule has 0 aliphatic heterocycles. The predicted octanol–water partition coefficient (Wildman–Crippen LogP) is 3.75. The number of thioether (sulfide) groups is 1. The van der Waals surface area contributed by atoms with Gasteiger partial charge in [0.2, 0.25) is 0 Å². The lowest BCUT2D eigenvalue weighted by molar-refractivity contribution is 0.0698. The Labute approximate surface area is 137 Å². The van der Waals surface area contributed by atoms with Gasteiger partial charge in [0, 0.05) is 23.3 Å². The van der Waals surface area contributed by atoms with Gasteiger partial charge in [-0.3, -0.25) is 0 Å². The Bertz CT molecular complexity index is 525. The summed E-state index contributed by atoms with van der Waals surface area (Å²) in [7, 11) is 1.72. The number of anilines is 1. The van der Waals surface area contributed by atoms with Gasteiger partial charge in [-0.05, 0) is 30.9 Å². The summed E-state index contributed by atoms with van der Waals surface area (Å²) in [5, 5.41) is 11.9. The van der Waals surface area contributed by atoms with Gasteiger partial charge in [0.15, 0.2) is 0 Å². The first-order chi connectivity index (χ1) is 9.90. The number of urea groups is 1. The molecule has 2 amide bonds. The van der Waals surface area contributed by atoms with Crippen molar-refractivity contribution in [1.82, 2.24) is 4.90 Å². The number of hydrogen-bond donors (Lipinski definition) is 2. The van der Waals surface area contributed by atoms with E-state index in [1.165, 1.54) is 6.07 Å². The molecule has 1 rings (SSSR count). The minimum Gasteiger partial charge on any atom is -0.478 e. The number of amides is 2. The van der Waals surface area contributed by atoms with E-state index in [-0.39, 0.29) is 17.6 Å². The maximum absolute atomic E-state index is 12.2. The quantitative estimate of drug-likeness (QED) is 0.795. The Morgan fingerprint density at radius 3 is 2.67 bits per heavy atom. The number of carboxylic acids is 1. The van der Waals surface area contributed by atoms with Crippen LogP contribution < -0.4 is 5.32 Å². The third kappa shape index (κ3) is 4.93. The molecule has 0 spiro atoms. The molecule has 5 nitrogen and oxygen atoms in total. The zero-order valence-corrected chi connectivity index (χ0v) is 14.6. The predicted molar refractivity (Wildman–Crippen MR) is 90.3 cm³/mol. The molecule has 116 valence electrons. The number of nitrogens with one attached hydrogen (secondary N) is 1. The largest absolute Gasteiger partial charge is 0.478 e. The molecule has 0 aliphatic rings. The summed E-state index contributed by atoms with van der Waals surface area (Å²) in [5.41, 5.74) is 0.352. The van der Waals surface area contributed by atoms with Crippen LogP contribution in [0.3, 0.4) is 0 Å². The molecule has 0 aromatic heterocycles. The van der Waals surface area contributed by atoms with Crippen LogP contribution >= 0.6 is 27.7 Å². The monoisotopic (exact) mass is 374 g/mol. The first-order valence-electron chi connectivity index (χ1n) is 6.46. The standard InChI is InChI=1S/C14H19BrN2O3S/c1-4-10(8-21-3)17(2)14(20)16-12-6-5-9(15)7-11(12)13(18)19/h5-7,10H,4,8H2,1-3H3,(H,16,20)(H,18,19). The summed E-state index contributed by atoms with van der Waals surface area (Å²) in [6.07, 6.45) is 2.84. The number of carbonyl (C=O) groups excluding carboxylic acids is 1. The highest BCUT2D eigenvalue weighted by molar-refractivity contribution is 9.10. The van der Waals surface area contributed by atoms with E-state index in [9.17, 15) is 14.7 Å². The Morgan fingerprint density at radius 1 is 1.48 bits per heavy atom. The van der Waals surface area contributed by atoms with Crippen LogP contribution in [0.4, 0.5) is 10.5 Å². The molecule has 0 aliphatic carbocycles. The average Bonchev–Trinajstić information content (AvgIpc) is 2.45. The van der Waals surface area contributed by atoms with E-state index in [0.717, 1.165) is 12.2 Å². The van der Waals surface area contributed by atoms with Crippen LogP contribution in [0.1, 0.15) is 23.7 Å². The zero-order valence-electron chi connectivity index (χ0n) is 12.2. The summed E-state index contributed by atoms with van der Waals surface area (Å²) in [6, 6.07) is 4.55. The molecular weight excluding hydrogens is 356 g/mol. The fraction of sp³-hybridized carbons (Fsp3) is 0.429. The number of carboxylic acid groups (broad SMARTS) is 1. The van der Waals surface area contributed by atoms with E-state index in [1.807, 2.05) is 13.2 Å². The first kappa shape index (κ1) is 17.8. The first-order valence-corrected chi connectivity index (χ1v) is 8.65. The maximum atomic E-state index is 12.2. The smallest absolute Gasteiger partial charge is 0.337 e. The van der Waals surface area contributed by atoms with Gasteiger partial charge < -0.3 is 15.3 Å². The van der Waals surface area contributed by atoms with Gasteiger partial charge >= 0.3 is 12.0 Å². The minimum atomic E-state index is -1.08. The normalized spacial score (nSPS) is 11.8. The molecule has 0 saturated heterocycles. The molecule has 1 unspecified atom stereocenters. The zero-order chi connectivity index (χ0) is 16.0. The second kappa shape index (κ2) is 8.29. The summed E-state index contributed by atoms with van der Waals surface area (Å²) in [6.45, 7) is 2.02. The van der Waals surface area contributed by atoms with E-state index < -0.39 is 5.97 Å². The van der Waals surface area contributed by atoms with Crippen LogP contribution in [0, 0.1) is 0 Å². The highest BCUT2D eigenvalue weighted by Crippen LogP contribution is 2.22. The Kier molecular flexibility index (Phi) is 7.04. The molecule has 2 N–H and O–H groups in total. The van der Waals surface area contributed by atoms with E-state index in [2.05, 4.69) is 21.2 Å². The van der Waals surface area contributed by atoms with Crippen LogP contribution in [-0.4, -0.2) is 47.1 Å². The lowest BCUT2D eigenvalue weighted by Gasteiger charge is -2.27. The third-order valence-corrected chi connectivity index (χ3v) is 4.36. The van der Waals surface area contributed by atoms with Crippen LogP contribution in [0.5, 0.6) is 0 Å². The minimum absolute atomic E-state index is 0.0593. The van der Waals surface area contributed by atoms with E-state index >= 15 is 0 Å². The summed E-state index contributed by atoms with van der Waals surface area (Å²) < 4.78 is 0.653. The number of nitrogens with zero attached hydrogens (tertiary/aromatic N) is 1. The lowest BCUT2D eigenvalue weighted by Crippen LogP contribution is -2.41. The van der Waals surface area contributed by atoms with Gasteiger partial charge in [-0.25, -0.2) is 9.59 Å². The fourth-order valence-electron chi connectivity index (χ4n) is 1.87. The third-order valence-electron chi connectivity index (χ3n) is 3.15. The molecule has 1 atom stereocenters. The Balaban J connectivity index is 2.90. The van der Waals surface area contributed by atoms with Crippen LogP contribution in [0.25, 0.3) is 0 Å².